The van der Waals surface area contributed by atoms with E-state index in [2.05, 4.69) is 17.1 Å². The number of hydrogen-bond donors (Lipinski definition) is 2. The number of nitrogens with one attached hydrogen (secondary N) is 1. The van der Waals surface area contributed by atoms with Gasteiger partial charge in [0.2, 0.25) is 0 Å². The third-order valence-electron chi connectivity index (χ3n) is 4.75. The molecule has 0 unspecified atom stereocenters. The molecule has 0 aliphatic rings. The Labute approximate surface area is 169 Å². The molecule has 2 aromatic carbocycles. The van der Waals surface area contributed by atoms with Crippen LogP contribution in [0.1, 0.15) is 11.3 Å². The number of hydrogen-bond acceptors (Lipinski definition) is 5. The number of aromatic amines is 1. The highest BCUT2D eigenvalue weighted by atomic mass is 16.5. The molecule has 3 rings (SSSR count). The maximum atomic E-state index is 11.2. The number of anilines is 1. The number of ether oxygens (including phenoxy) is 2. The van der Waals surface area contributed by atoms with Gasteiger partial charge in [-0.15, -0.1) is 0 Å². The number of aliphatic carboxylic acids is 1. The van der Waals surface area contributed by atoms with Crippen molar-refractivity contribution >= 4 is 11.7 Å². The Morgan fingerprint density at radius 3 is 2.14 bits per heavy atom. The molecule has 0 aliphatic heterocycles. The average molecular weight is 395 g/mol. The van der Waals surface area contributed by atoms with Crippen molar-refractivity contribution in [2.24, 2.45) is 0 Å². The molecule has 1 aromatic heterocycles. The average Bonchev–Trinajstić information content (AvgIpc) is 3.09. The summed E-state index contributed by atoms with van der Waals surface area (Å²) < 4.78 is 10.8. The number of aryl methyl sites for hydroxylation is 1. The first-order valence-electron chi connectivity index (χ1n) is 9.15. The molecule has 0 fully saturated rings. The standard InChI is InChI=1S/C22H25N3O4/c1-13-21(14-6-8-16(9-7-14)25(2)3)24-22(23-13)15-10-18(28-4)17(12-20(26)27)19(11-15)29-5/h6-11H,12H2,1-5H3,(H,23,24)(H,26,27). The molecule has 0 spiro atoms. The number of H-pyrrole nitrogens is 1. The number of carbonyl (C=O) groups is 1. The van der Waals surface area contributed by atoms with Crippen molar-refractivity contribution in [3.8, 4) is 34.1 Å². The molecular formula is C22H25N3O4. The third-order valence-corrected chi connectivity index (χ3v) is 4.75. The van der Waals surface area contributed by atoms with Crippen molar-refractivity contribution < 1.29 is 19.4 Å². The molecule has 29 heavy (non-hydrogen) atoms. The molecule has 0 radical (unpaired) electrons. The Morgan fingerprint density at radius 2 is 1.66 bits per heavy atom. The molecule has 0 saturated heterocycles. The lowest BCUT2D eigenvalue weighted by Gasteiger charge is -2.13. The van der Waals surface area contributed by atoms with Gasteiger partial charge in [-0.3, -0.25) is 4.79 Å². The summed E-state index contributed by atoms with van der Waals surface area (Å²) in [5.74, 6) is 0.611. The molecule has 1 heterocycles. The Hall–Kier alpha value is -3.48. The van der Waals surface area contributed by atoms with Crippen LogP contribution >= 0.6 is 0 Å². The SMILES string of the molecule is COc1cc(-c2nc(-c3ccc(N(C)C)cc3)c(C)[nH]2)cc(OC)c1CC(=O)O. The van der Waals surface area contributed by atoms with Crippen LogP contribution < -0.4 is 14.4 Å². The highest BCUT2D eigenvalue weighted by Crippen LogP contribution is 2.36. The molecular weight excluding hydrogens is 370 g/mol. The second kappa shape index (κ2) is 8.26. The molecule has 0 bridgehead atoms. The number of methoxy groups -OCH3 is 2. The molecule has 0 amide bonds. The molecule has 7 heteroatoms. The topological polar surface area (TPSA) is 87.7 Å². The largest absolute Gasteiger partial charge is 0.496 e. The maximum Gasteiger partial charge on any atom is 0.308 e. The summed E-state index contributed by atoms with van der Waals surface area (Å²) in [6.07, 6.45) is -0.187. The van der Waals surface area contributed by atoms with Gasteiger partial charge in [0, 0.05) is 42.2 Å². The Bertz CT molecular complexity index is 998. The fraction of sp³-hybridized carbons (Fsp3) is 0.273. The van der Waals surface area contributed by atoms with E-state index in [4.69, 9.17) is 14.5 Å². The Balaban J connectivity index is 2.03. The van der Waals surface area contributed by atoms with Gasteiger partial charge in [0.15, 0.2) is 0 Å². The van der Waals surface area contributed by atoms with Gasteiger partial charge in [0.1, 0.15) is 17.3 Å². The van der Waals surface area contributed by atoms with E-state index in [1.54, 1.807) is 12.1 Å². The van der Waals surface area contributed by atoms with Crippen LogP contribution in [0, 0.1) is 6.92 Å². The molecule has 3 aromatic rings. The van der Waals surface area contributed by atoms with E-state index in [0.29, 0.717) is 22.9 Å². The van der Waals surface area contributed by atoms with E-state index in [1.807, 2.05) is 38.1 Å². The van der Waals surface area contributed by atoms with Gasteiger partial charge < -0.3 is 24.5 Å². The van der Waals surface area contributed by atoms with E-state index in [0.717, 1.165) is 28.2 Å². The minimum atomic E-state index is -0.952. The summed E-state index contributed by atoms with van der Waals surface area (Å²) in [6, 6.07) is 11.7. The van der Waals surface area contributed by atoms with Gasteiger partial charge in [0.05, 0.1) is 26.3 Å². The lowest BCUT2D eigenvalue weighted by atomic mass is 10.1. The van der Waals surface area contributed by atoms with Gasteiger partial charge in [-0.2, -0.15) is 0 Å². The van der Waals surface area contributed by atoms with Crippen molar-refractivity contribution in [3.63, 3.8) is 0 Å². The molecule has 152 valence electrons. The van der Waals surface area contributed by atoms with Gasteiger partial charge >= 0.3 is 5.97 Å². The number of rotatable bonds is 7. The number of imidazole rings is 1. The van der Waals surface area contributed by atoms with Gasteiger partial charge in [-0.25, -0.2) is 4.98 Å². The summed E-state index contributed by atoms with van der Waals surface area (Å²) in [5, 5.41) is 9.18. The minimum Gasteiger partial charge on any atom is -0.496 e. The van der Waals surface area contributed by atoms with Gasteiger partial charge in [-0.05, 0) is 31.2 Å². The van der Waals surface area contributed by atoms with E-state index in [-0.39, 0.29) is 6.42 Å². The number of carboxylic acid groups (broad SMARTS) is 1. The van der Waals surface area contributed by atoms with E-state index >= 15 is 0 Å². The Kier molecular flexibility index (Phi) is 5.77. The van der Waals surface area contributed by atoms with Crippen LogP contribution in [-0.2, 0) is 11.2 Å². The second-order valence-electron chi connectivity index (χ2n) is 6.93. The quantitative estimate of drug-likeness (QED) is 0.633. The molecule has 2 N–H and O–H groups in total. The first kappa shape index (κ1) is 20.3. The first-order chi connectivity index (χ1) is 13.8. The zero-order valence-corrected chi connectivity index (χ0v) is 17.2. The second-order valence-corrected chi connectivity index (χ2v) is 6.93. The van der Waals surface area contributed by atoms with Crippen molar-refractivity contribution in [1.29, 1.82) is 0 Å². The Morgan fingerprint density at radius 1 is 1.07 bits per heavy atom. The predicted octanol–water partition coefficient (Wildman–Crippen LogP) is 3.76. The molecule has 0 aliphatic carbocycles. The number of nitrogens with zero attached hydrogens (tertiary/aromatic N) is 2. The van der Waals surface area contributed by atoms with Crippen LogP contribution in [-0.4, -0.2) is 49.4 Å². The number of aromatic nitrogens is 2. The van der Waals surface area contributed by atoms with Crippen LogP contribution in [0.5, 0.6) is 11.5 Å². The first-order valence-corrected chi connectivity index (χ1v) is 9.15. The van der Waals surface area contributed by atoms with Crippen molar-refractivity contribution in [2.45, 2.75) is 13.3 Å². The van der Waals surface area contributed by atoms with Crippen LogP contribution in [0.3, 0.4) is 0 Å². The van der Waals surface area contributed by atoms with Crippen LogP contribution in [0.25, 0.3) is 22.6 Å². The van der Waals surface area contributed by atoms with Crippen molar-refractivity contribution in [1.82, 2.24) is 9.97 Å². The third kappa shape index (κ3) is 4.18. The fourth-order valence-corrected chi connectivity index (χ4v) is 3.24. The van der Waals surface area contributed by atoms with Crippen LogP contribution in [0.4, 0.5) is 5.69 Å². The van der Waals surface area contributed by atoms with Crippen LogP contribution in [0.15, 0.2) is 36.4 Å². The van der Waals surface area contributed by atoms with E-state index < -0.39 is 5.97 Å². The maximum absolute atomic E-state index is 11.2. The predicted molar refractivity (Wildman–Crippen MR) is 113 cm³/mol. The highest BCUT2D eigenvalue weighted by Gasteiger charge is 2.18. The van der Waals surface area contributed by atoms with E-state index in [9.17, 15) is 9.90 Å². The van der Waals surface area contributed by atoms with Crippen molar-refractivity contribution in [3.05, 3.63) is 47.7 Å². The summed E-state index contributed by atoms with van der Waals surface area (Å²) in [6.45, 7) is 1.97. The van der Waals surface area contributed by atoms with Crippen LogP contribution in [0.2, 0.25) is 0 Å². The van der Waals surface area contributed by atoms with Gasteiger partial charge in [-0.1, -0.05) is 12.1 Å². The van der Waals surface area contributed by atoms with Crippen molar-refractivity contribution in [2.75, 3.05) is 33.2 Å². The molecule has 0 saturated carbocycles. The molecule has 7 nitrogen and oxygen atoms in total. The van der Waals surface area contributed by atoms with Gasteiger partial charge in [0.25, 0.3) is 0 Å². The fourth-order valence-electron chi connectivity index (χ4n) is 3.24. The number of carboxylic acids is 1. The smallest absolute Gasteiger partial charge is 0.308 e. The van der Waals surface area contributed by atoms with E-state index in [1.165, 1.54) is 14.2 Å². The number of benzene rings is 2. The summed E-state index contributed by atoms with van der Waals surface area (Å²) in [4.78, 5) is 21.3. The lowest BCUT2D eigenvalue weighted by Crippen LogP contribution is -2.07. The lowest BCUT2D eigenvalue weighted by molar-refractivity contribution is -0.136. The summed E-state index contributed by atoms with van der Waals surface area (Å²) in [7, 11) is 7.02. The molecule has 0 atom stereocenters. The normalized spacial score (nSPS) is 10.7. The zero-order chi connectivity index (χ0) is 21.1. The highest BCUT2D eigenvalue weighted by molar-refractivity contribution is 5.76. The zero-order valence-electron chi connectivity index (χ0n) is 17.2. The minimum absolute atomic E-state index is 0.187. The summed E-state index contributed by atoms with van der Waals surface area (Å²) >= 11 is 0. The monoisotopic (exact) mass is 395 g/mol. The summed E-state index contributed by atoms with van der Waals surface area (Å²) in [5.41, 5.74) is 5.17.